The molecule has 0 aliphatic carbocycles. The SMILES string of the molecule is Cc1ccn2nc([C@H](C)Nc3ncnc4c3c(-c3cc(NS(C)(=O)=O)cc(OS(C)(=O)=O)c3)cn4COCC[Si](C)(C)C)n(-c3ccccc3)c(=O)c12. The maximum absolute atomic E-state index is 14.0. The van der Waals surface area contributed by atoms with Gasteiger partial charge in [0.1, 0.15) is 35.8 Å². The number of rotatable bonds is 14. The molecule has 0 bridgehead atoms. The molecule has 0 aliphatic rings. The fourth-order valence-corrected chi connectivity index (χ4v) is 7.70. The molecule has 0 fully saturated rings. The van der Waals surface area contributed by atoms with Crippen molar-refractivity contribution in [2.45, 2.75) is 52.3 Å². The third-order valence-corrected chi connectivity index (χ3v) is 11.1. The second-order valence-corrected chi connectivity index (χ2v) is 23.1. The molecule has 2 N–H and O–H groups in total. The molecule has 6 aromatic rings. The molecule has 0 unspecified atom stereocenters. The zero-order valence-electron chi connectivity index (χ0n) is 30.5. The number of benzene rings is 2. The Kier molecular flexibility index (Phi) is 10.3. The molecule has 4 heterocycles. The number of aryl methyl sites for hydroxylation is 1. The summed E-state index contributed by atoms with van der Waals surface area (Å²) in [4.78, 5) is 23.3. The van der Waals surface area contributed by atoms with Gasteiger partial charge in [0.2, 0.25) is 10.0 Å². The quantitative estimate of drug-likeness (QED) is 0.0821. The van der Waals surface area contributed by atoms with Crippen molar-refractivity contribution in [2.75, 3.05) is 29.2 Å². The van der Waals surface area contributed by atoms with Crippen LogP contribution in [0.2, 0.25) is 25.7 Å². The molecule has 0 saturated heterocycles. The van der Waals surface area contributed by atoms with Gasteiger partial charge in [-0.15, -0.1) is 0 Å². The summed E-state index contributed by atoms with van der Waals surface area (Å²) in [7, 11) is -9.10. The van der Waals surface area contributed by atoms with Gasteiger partial charge in [-0.25, -0.2) is 22.9 Å². The van der Waals surface area contributed by atoms with Crippen molar-refractivity contribution >= 4 is 56.3 Å². The van der Waals surface area contributed by atoms with Crippen LogP contribution in [0.4, 0.5) is 11.5 Å². The van der Waals surface area contributed by atoms with Crippen LogP contribution in [-0.4, -0.2) is 72.7 Å². The fourth-order valence-electron chi connectivity index (χ4n) is 5.95. The molecule has 1 atom stereocenters. The van der Waals surface area contributed by atoms with Gasteiger partial charge in [0.05, 0.1) is 35.3 Å². The third-order valence-electron chi connectivity index (χ3n) is 8.32. The van der Waals surface area contributed by atoms with Crippen LogP contribution in [0.15, 0.2) is 78.1 Å². The third kappa shape index (κ3) is 8.78. The normalized spacial score (nSPS) is 13.0. The van der Waals surface area contributed by atoms with E-state index >= 15 is 0 Å². The summed E-state index contributed by atoms with van der Waals surface area (Å²) >= 11 is 0. The molecule has 0 amide bonds. The largest absolute Gasteiger partial charge is 0.383 e. The number of anilines is 2. The molecule has 280 valence electrons. The monoisotopic (exact) mass is 778 g/mol. The van der Waals surface area contributed by atoms with Crippen LogP contribution in [0.5, 0.6) is 5.75 Å². The summed E-state index contributed by atoms with van der Waals surface area (Å²) in [5.41, 5.74) is 3.18. The first kappa shape index (κ1) is 37.7. The van der Waals surface area contributed by atoms with Crippen molar-refractivity contribution in [1.29, 1.82) is 0 Å². The maximum Gasteiger partial charge on any atom is 0.306 e. The highest BCUT2D eigenvalue weighted by atomic mass is 32.2. The van der Waals surface area contributed by atoms with Gasteiger partial charge in [0, 0.05) is 38.7 Å². The minimum absolute atomic E-state index is 0.0852. The number of hydrogen-bond acceptors (Lipinski definition) is 11. The van der Waals surface area contributed by atoms with E-state index in [0.29, 0.717) is 51.6 Å². The van der Waals surface area contributed by atoms with Crippen molar-refractivity contribution in [1.82, 2.24) is 28.7 Å². The second-order valence-electron chi connectivity index (χ2n) is 14.2. The lowest BCUT2D eigenvalue weighted by Crippen LogP contribution is -2.29. The number of nitrogens with zero attached hydrogens (tertiary/aromatic N) is 6. The molecule has 0 spiro atoms. The first-order valence-corrected chi connectivity index (χ1v) is 24.2. The van der Waals surface area contributed by atoms with Crippen molar-refractivity contribution in [3.8, 4) is 22.6 Å². The van der Waals surface area contributed by atoms with E-state index in [0.717, 1.165) is 24.1 Å². The first-order chi connectivity index (χ1) is 24.9. The second kappa shape index (κ2) is 14.4. The molecule has 2 aromatic carbocycles. The van der Waals surface area contributed by atoms with E-state index in [1.807, 2.05) is 54.8 Å². The molecule has 0 radical (unpaired) electrons. The Hall–Kier alpha value is -5.04. The summed E-state index contributed by atoms with van der Waals surface area (Å²) in [6.45, 7) is 11.2. The lowest BCUT2D eigenvalue weighted by molar-refractivity contribution is 0.0899. The Morgan fingerprint density at radius 2 is 1.72 bits per heavy atom. The molecule has 18 heteroatoms. The number of ether oxygens (including phenoxy) is 1. The number of nitrogens with one attached hydrogen (secondary N) is 2. The zero-order chi connectivity index (χ0) is 38.3. The van der Waals surface area contributed by atoms with Crippen molar-refractivity contribution in [3.05, 3.63) is 95.1 Å². The van der Waals surface area contributed by atoms with Crippen LogP contribution in [0.25, 0.3) is 33.4 Å². The topological polar surface area (TPSA) is 181 Å². The molecule has 6 rings (SSSR count). The van der Waals surface area contributed by atoms with Gasteiger partial charge < -0.3 is 18.8 Å². The fraction of sp³-hybridized carbons (Fsp3) is 0.314. The Morgan fingerprint density at radius 1 is 0.981 bits per heavy atom. The summed E-state index contributed by atoms with van der Waals surface area (Å²) < 4.78 is 67.6. The van der Waals surface area contributed by atoms with Gasteiger partial charge in [0.15, 0.2) is 5.82 Å². The van der Waals surface area contributed by atoms with Crippen LogP contribution < -0.4 is 19.8 Å². The van der Waals surface area contributed by atoms with E-state index in [-0.39, 0.29) is 23.7 Å². The van der Waals surface area contributed by atoms with Crippen LogP contribution in [-0.2, 0) is 31.6 Å². The summed E-state index contributed by atoms with van der Waals surface area (Å²) in [6.07, 6.45) is 6.84. The zero-order valence-corrected chi connectivity index (χ0v) is 33.1. The average Bonchev–Trinajstić information content (AvgIpc) is 3.62. The number of sulfonamides is 1. The smallest absolute Gasteiger partial charge is 0.306 e. The minimum Gasteiger partial charge on any atom is -0.383 e. The highest BCUT2D eigenvalue weighted by Crippen LogP contribution is 2.38. The highest BCUT2D eigenvalue weighted by Gasteiger charge is 2.24. The van der Waals surface area contributed by atoms with Gasteiger partial charge in [-0.1, -0.05) is 37.8 Å². The van der Waals surface area contributed by atoms with E-state index in [1.165, 1.54) is 18.5 Å². The van der Waals surface area contributed by atoms with E-state index in [9.17, 15) is 21.6 Å². The highest BCUT2D eigenvalue weighted by molar-refractivity contribution is 7.92. The number of aromatic nitrogens is 6. The van der Waals surface area contributed by atoms with Crippen molar-refractivity contribution in [2.24, 2.45) is 0 Å². The van der Waals surface area contributed by atoms with Crippen LogP contribution in [0.1, 0.15) is 24.4 Å². The summed E-state index contributed by atoms with van der Waals surface area (Å²) in [5, 5.41) is 8.85. The van der Waals surface area contributed by atoms with Gasteiger partial charge in [-0.2, -0.15) is 13.5 Å². The molecule has 53 heavy (non-hydrogen) atoms. The van der Waals surface area contributed by atoms with Gasteiger partial charge >= 0.3 is 10.1 Å². The van der Waals surface area contributed by atoms with E-state index < -0.39 is 34.3 Å². The minimum atomic E-state index is -3.97. The van der Waals surface area contributed by atoms with Crippen molar-refractivity contribution in [3.63, 3.8) is 0 Å². The van der Waals surface area contributed by atoms with Gasteiger partial charge in [0.25, 0.3) is 5.56 Å². The first-order valence-electron chi connectivity index (χ1n) is 16.7. The lowest BCUT2D eigenvalue weighted by Gasteiger charge is -2.20. The maximum atomic E-state index is 14.0. The van der Waals surface area contributed by atoms with Crippen LogP contribution in [0.3, 0.4) is 0 Å². The molecule has 0 aliphatic heterocycles. The number of para-hydroxylation sites is 1. The standard InChI is InChI=1S/C35H42N8O7S2Si/c1-23-13-14-42-31(23)35(44)43(27-11-9-8-10-12-27)33(39-42)24(2)38-32-30-29(20-41(34(30)37-21-36-32)22-49-15-16-53(5,6)7)25-17-26(40-51(3,45)46)19-28(18-25)50-52(4,47)48/h8-14,17-21,24,40H,15-16,22H2,1-7H3,(H,36,37,38)/t24-/m0/s1. The molecular formula is C35H42N8O7S2Si. The molecule has 4 aromatic heterocycles. The Morgan fingerprint density at radius 3 is 2.40 bits per heavy atom. The van der Waals surface area contributed by atoms with Crippen LogP contribution >= 0.6 is 0 Å². The van der Waals surface area contributed by atoms with Gasteiger partial charge in [-0.05, 0) is 61.4 Å². The molecule has 15 nitrogen and oxygen atoms in total. The van der Waals surface area contributed by atoms with Gasteiger partial charge in [-0.3, -0.25) is 14.1 Å². The van der Waals surface area contributed by atoms with Crippen LogP contribution in [0, 0.1) is 6.92 Å². The number of fused-ring (bicyclic) bond motifs is 2. The predicted molar refractivity (Wildman–Crippen MR) is 209 cm³/mol. The van der Waals surface area contributed by atoms with E-state index in [4.69, 9.17) is 14.0 Å². The van der Waals surface area contributed by atoms with Crippen molar-refractivity contribution < 1.29 is 25.8 Å². The summed E-state index contributed by atoms with van der Waals surface area (Å²) in [6, 6.07) is 15.8. The molecular weight excluding hydrogens is 737 g/mol. The Labute approximate surface area is 308 Å². The average molecular weight is 779 g/mol. The predicted octanol–water partition coefficient (Wildman–Crippen LogP) is 5.40. The number of hydrogen-bond donors (Lipinski definition) is 2. The Bertz CT molecular complexity index is 2550. The van der Waals surface area contributed by atoms with E-state index in [1.54, 1.807) is 27.5 Å². The lowest BCUT2D eigenvalue weighted by atomic mass is 10.0. The van der Waals surface area contributed by atoms with E-state index in [2.05, 4.69) is 39.6 Å². The Balaban J connectivity index is 1.52. The molecule has 0 saturated carbocycles. The summed E-state index contributed by atoms with van der Waals surface area (Å²) in [5.74, 6) is 0.688.